The first-order valence-corrected chi connectivity index (χ1v) is 7.08. The van der Waals surface area contributed by atoms with Crippen LogP contribution in [-0.2, 0) is 4.74 Å². The van der Waals surface area contributed by atoms with E-state index < -0.39 is 0 Å². The highest BCUT2D eigenvalue weighted by atomic mass is 16.5. The molecule has 0 aliphatic carbocycles. The maximum atomic E-state index is 5.82. The molecule has 0 aliphatic rings. The van der Waals surface area contributed by atoms with Crippen LogP contribution >= 0.6 is 0 Å². The van der Waals surface area contributed by atoms with Crippen molar-refractivity contribution >= 4 is 0 Å². The molecule has 0 radical (unpaired) electrons. The molecule has 0 rings (SSSR count). The van der Waals surface area contributed by atoms with Crippen LogP contribution in [0.3, 0.4) is 0 Å². The van der Waals surface area contributed by atoms with E-state index in [4.69, 9.17) is 4.74 Å². The first-order chi connectivity index (χ1) is 7.70. The van der Waals surface area contributed by atoms with Crippen molar-refractivity contribution in [1.82, 2.24) is 5.32 Å². The van der Waals surface area contributed by atoms with E-state index in [1.165, 1.54) is 6.42 Å². The second-order valence-electron chi connectivity index (χ2n) is 6.81. The number of rotatable bonds is 8. The minimum atomic E-state index is -0.00609. The normalized spacial score (nSPS) is 14.6. The summed E-state index contributed by atoms with van der Waals surface area (Å²) in [5.74, 6) is 1.50. The first-order valence-electron chi connectivity index (χ1n) is 7.08. The van der Waals surface area contributed by atoms with Gasteiger partial charge < -0.3 is 10.1 Å². The van der Waals surface area contributed by atoms with Gasteiger partial charge in [-0.15, -0.1) is 0 Å². The van der Waals surface area contributed by atoms with Crippen LogP contribution in [0, 0.1) is 11.8 Å². The second kappa shape index (κ2) is 8.10. The molecule has 17 heavy (non-hydrogen) atoms. The maximum absolute atomic E-state index is 5.82. The average Bonchev–Trinajstić information content (AvgIpc) is 2.10. The first kappa shape index (κ1) is 16.9. The van der Waals surface area contributed by atoms with Crippen LogP contribution in [0.5, 0.6) is 0 Å². The van der Waals surface area contributed by atoms with Crippen LogP contribution in [0.1, 0.15) is 61.3 Å². The summed E-state index contributed by atoms with van der Waals surface area (Å²) in [5, 5.41) is 3.54. The van der Waals surface area contributed by atoms with Crippen molar-refractivity contribution in [3.63, 3.8) is 0 Å². The number of nitrogens with one attached hydrogen (secondary N) is 1. The van der Waals surface area contributed by atoms with E-state index in [0.29, 0.717) is 6.04 Å². The monoisotopic (exact) mass is 243 g/mol. The summed E-state index contributed by atoms with van der Waals surface area (Å²) in [6, 6.07) is 0.577. The second-order valence-corrected chi connectivity index (χ2v) is 6.81. The minimum Gasteiger partial charge on any atom is -0.376 e. The maximum Gasteiger partial charge on any atom is 0.0598 e. The molecule has 0 fully saturated rings. The molecular formula is C15H33NO. The van der Waals surface area contributed by atoms with E-state index in [9.17, 15) is 0 Å². The SMILES string of the molecule is CC(C)CC(CCOC(C)(C)C)CNC(C)C. The molecule has 0 bridgehead atoms. The topological polar surface area (TPSA) is 21.3 Å². The van der Waals surface area contributed by atoms with Crippen LogP contribution in [0.25, 0.3) is 0 Å². The molecule has 2 heteroatoms. The molecule has 0 aromatic rings. The molecule has 0 heterocycles. The third kappa shape index (κ3) is 12.2. The van der Waals surface area contributed by atoms with Gasteiger partial charge in [-0.3, -0.25) is 0 Å². The van der Waals surface area contributed by atoms with Gasteiger partial charge in [0.15, 0.2) is 0 Å². The van der Waals surface area contributed by atoms with Crippen molar-refractivity contribution in [3.05, 3.63) is 0 Å². The largest absolute Gasteiger partial charge is 0.376 e. The van der Waals surface area contributed by atoms with Crippen molar-refractivity contribution in [2.24, 2.45) is 11.8 Å². The molecule has 0 aromatic carbocycles. The highest BCUT2D eigenvalue weighted by molar-refractivity contribution is 4.67. The third-order valence-corrected chi connectivity index (χ3v) is 2.68. The zero-order valence-electron chi connectivity index (χ0n) is 13.0. The molecule has 2 nitrogen and oxygen atoms in total. The van der Waals surface area contributed by atoms with Gasteiger partial charge in [0.25, 0.3) is 0 Å². The van der Waals surface area contributed by atoms with Crippen molar-refractivity contribution in [2.75, 3.05) is 13.2 Å². The molecule has 0 saturated heterocycles. The zero-order valence-corrected chi connectivity index (χ0v) is 13.0. The molecule has 1 atom stereocenters. The predicted octanol–water partition coefficient (Wildman–Crippen LogP) is 3.85. The third-order valence-electron chi connectivity index (χ3n) is 2.68. The van der Waals surface area contributed by atoms with Gasteiger partial charge in [0.2, 0.25) is 0 Å². The molecule has 0 saturated carbocycles. The van der Waals surface area contributed by atoms with E-state index in [1.807, 2.05) is 0 Å². The Labute approximate surface area is 109 Å². The Bertz CT molecular complexity index is 182. The average molecular weight is 243 g/mol. The fraction of sp³-hybridized carbons (Fsp3) is 1.00. The summed E-state index contributed by atoms with van der Waals surface area (Å²) >= 11 is 0. The number of hydrogen-bond acceptors (Lipinski definition) is 2. The lowest BCUT2D eigenvalue weighted by molar-refractivity contribution is -0.0102. The summed E-state index contributed by atoms with van der Waals surface area (Å²) < 4.78 is 5.82. The van der Waals surface area contributed by atoms with Gasteiger partial charge in [-0.25, -0.2) is 0 Å². The summed E-state index contributed by atoms with van der Waals surface area (Å²) in [6.07, 6.45) is 2.45. The molecule has 104 valence electrons. The van der Waals surface area contributed by atoms with E-state index in [2.05, 4.69) is 53.8 Å². The molecule has 0 amide bonds. The van der Waals surface area contributed by atoms with Crippen LogP contribution in [-0.4, -0.2) is 24.8 Å². The van der Waals surface area contributed by atoms with Crippen molar-refractivity contribution < 1.29 is 4.74 Å². The number of hydrogen-bond donors (Lipinski definition) is 1. The van der Waals surface area contributed by atoms with Crippen molar-refractivity contribution in [2.45, 2.75) is 73.0 Å². The van der Waals surface area contributed by atoms with Crippen LogP contribution in [0.2, 0.25) is 0 Å². The van der Waals surface area contributed by atoms with E-state index in [1.54, 1.807) is 0 Å². The van der Waals surface area contributed by atoms with Crippen molar-refractivity contribution in [3.8, 4) is 0 Å². The Kier molecular flexibility index (Phi) is 8.06. The van der Waals surface area contributed by atoms with Gasteiger partial charge in [0.05, 0.1) is 5.60 Å². The summed E-state index contributed by atoms with van der Waals surface area (Å²) in [4.78, 5) is 0. The van der Waals surface area contributed by atoms with E-state index in [-0.39, 0.29) is 5.60 Å². The predicted molar refractivity (Wildman–Crippen MR) is 76.4 cm³/mol. The van der Waals surface area contributed by atoms with Crippen LogP contribution in [0.4, 0.5) is 0 Å². The highest BCUT2D eigenvalue weighted by Crippen LogP contribution is 2.17. The Morgan fingerprint density at radius 1 is 1.06 bits per heavy atom. The highest BCUT2D eigenvalue weighted by Gasteiger charge is 2.14. The van der Waals surface area contributed by atoms with Gasteiger partial charge in [0, 0.05) is 12.6 Å². The summed E-state index contributed by atoms with van der Waals surface area (Å²) in [5.41, 5.74) is -0.00609. The Hall–Kier alpha value is -0.0800. The molecular weight excluding hydrogens is 210 g/mol. The quantitative estimate of drug-likeness (QED) is 0.699. The lowest BCUT2D eigenvalue weighted by atomic mass is 9.94. The Morgan fingerprint density at radius 2 is 1.65 bits per heavy atom. The van der Waals surface area contributed by atoms with Gasteiger partial charge in [0.1, 0.15) is 0 Å². The standard InChI is InChI=1S/C15H33NO/c1-12(2)10-14(11-16-13(3)4)8-9-17-15(5,6)7/h12-14,16H,8-11H2,1-7H3. The fourth-order valence-corrected chi connectivity index (χ4v) is 1.90. The minimum absolute atomic E-state index is 0.00609. The van der Waals surface area contributed by atoms with Gasteiger partial charge in [-0.2, -0.15) is 0 Å². The van der Waals surface area contributed by atoms with Crippen molar-refractivity contribution in [1.29, 1.82) is 0 Å². The lowest BCUT2D eigenvalue weighted by Crippen LogP contribution is -2.31. The molecule has 1 N–H and O–H groups in total. The smallest absolute Gasteiger partial charge is 0.0598 e. The zero-order chi connectivity index (χ0) is 13.5. The molecule has 0 aliphatic heterocycles. The van der Waals surface area contributed by atoms with Gasteiger partial charge >= 0.3 is 0 Å². The Morgan fingerprint density at radius 3 is 2.06 bits per heavy atom. The lowest BCUT2D eigenvalue weighted by Gasteiger charge is -2.24. The van der Waals surface area contributed by atoms with Crippen LogP contribution < -0.4 is 5.32 Å². The number of ether oxygens (including phenoxy) is 1. The summed E-state index contributed by atoms with van der Waals surface area (Å²) in [6.45, 7) is 17.4. The molecule has 0 aromatic heterocycles. The molecule has 0 spiro atoms. The fourth-order valence-electron chi connectivity index (χ4n) is 1.90. The van der Waals surface area contributed by atoms with Gasteiger partial charge in [-0.1, -0.05) is 27.7 Å². The van der Waals surface area contributed by atoms with Crippen LogP contribution in [0.15, 0.2) is 0 Å². The van der Waals surface area contributed by atoms with E-state index in [0.717, 1.165) is 31.4 Å². The Balaban J connectivity index is 3.93. The molecule has 1 unspecified atom stereocenters. The summed E-state index contributed by atoms with van der Waals surface area (Å²) in [7, 11) is 0. The van der Waals surface area contributed by atoms with Gasteiger partial charge in [-0.05, 0) is 52.0 Å². The van der Waals surface area contributed by atoms with E-state index >= 15 is 0 Å².